The highest BCUT2D eigenvalue weighted by atomic mass is 16.2. The summed E-state index contributed by atoms with van der Waals surface area (Å²) in [7, 11) is 0. The summed E-state index contributed by atoms with van der Waals surface area (Å²) in [5.41, 5.74) is 4.62. The largest absolute Gasteiger partial charge is 0.345 e. The summed E-state index contributed by atoms with van der Waals surface area (Å²) < 4.78 is 2.12. The van der Waals surface area contributed by atoms with E-state index < -0.39 is 0 Å². The second kappa shape index (κ2) is 9.88. The number of carbonyl (C=O) groups is 2. The van der Waals surface area contributed by atoms with Gasteiger partial charge in [-0.3, -0.25) is 9.59 Å². The number of hydrogen-bond donors (Lipinski definition) is 1. The monoisotopic (exact) mass is 455 g/mol. The molecule has 0 spiro atoms. The molecule has 0 radical (unpaired) electrons. The molecule has 34 heavy (non-hydrogen) atoms. The maximum Gasteiger partial charge on any atom is 0.271 e. The molecule has 5 heteroatoms. The molecule has 0 bridgehead atoms. The van der Waals surface area contributed by atoms with E-state index in [0.717, 1.165) is 62.9 Å². The summed E-state index contributed by atoms with van der Waals surface area (Å²) >= 11 is 0. The summed E-state index contributed by atoms with van der Waals surface area (Å²) in [5, 5.41) is 3.23. The van der Waals surface area contributed by atoms with Gasteiger partial charge in [-0.05, 0) is 55.7 Å². The minimum Gasteiger partial charge on any atom is -0.345 e. The smallest absolute Gasteiger partial charge is 0.271 e. The van der Waals surface area contributed by atoms with Gasteiger partial charge in [-0.1, -0.05) is 67.6 Å². The predicted octanol–water partition coefficient (Wildman–Crippen LogP) is 5.68. The first kappa shape index (κ1) is 22.5. The van der Waals surface area contributed by atoms with Crippen LogP contribution in [0.4, 0.5) is 0 Å². The fourth-order valence-corrected chi connectivity index (χ4v) is 5.57. The van der Waals surface area contributed by atoms with Crippen molar-refractivity contribution in [2.45, 2.75) is 64.1 Å². The lowest BCUT2D eigenvalue weighted by Crippen LogP contribution is -2.32. The van der Waals surface area contributed by atoms with Gasteiger partial charge in [0.15, 0.2) is 0 Å². The van der Waals surface area contributed by atoms with Crippen molar-refractivity contribution >= 4 is 11.8 Å². The molecule has 0 saturated carbocycles. The first-order valence-corrected chi connectivity index (χ1v) is 12.6. The lowest BCUT2D eigenvalue weighted by atomic mass is 10.0. The van der Waals surface area contributed by atoms with E-state index in [9.17, 15) is 9.59 Å². The second-order valence-corrected chi connectivity index (χ2v) is 9.41. The van der Waals surface area contributed by atoms with Crippen molar-refractivity contribution in [3.05, 3.63) is 94.8 Å². The SMILES string of the molecule is CC[C@@H](NC(=O)c1cc(C(=O)N2CCC[C@@H]2c2ccccc2)n2c1CCCC2)c1ccccc1. The number of aromatic nitrogens is 1. The van der Waals surface area contributed by atoms with E-state index in [1.54, 1.807) is 0 Å². The molecule has 2 aromatic carbocycles. The number of hydrogen-bond acceptors (Lipinski definition) is 2. The van der Waals surface area contributed by atoms with E-state index in [1.165, 1.54) is 5.56 Å². The Labute approximate surface area is 201 Å². The summed E-state index contributed by atoms with van der Waals surface area (Å²) in [5.74, 6) is -0.0370. The maximum absolute atomic E-state index is 13.8. The van der Waals surface area contributed by atoms with Gasteiger partial charge in [0.05, 0.1) is 17.6 Å². The quantitative estimate of drug-likeness (QED) is 0.520. The molecule has 1 N–H and O–H groups in total. The molecular formula is C29H33N3O2. The Bertz CT molecular complexity index is 1150. The molecule has 1 saturated heterocycles. The van der Waals surface area contributed by atoms with Crippen LogP contribution in [0.3, 0.4) is 0 Å². The molecular weight excluding hydrogens is 422 g/mol. The molecule has 3 heterocycles. The fraction of sp³-hybridized carbons (Fsp3) is 0.379. The number of benzene rings is 2. The van der Waals surface area contributed by atoms with E-state index in [4.69, 9.17) is 0 Å². The van der Waals surface area contributed by atoms with Gasteiger partial charge < -0.3 is 14.8 Å². The highest BCUT2D eigenvalue weighted by Gasteiger charge is 2.34. The summed E-state index contributed by atoms with van der Waals surface area (Å²) in [6.07, 6.45) is 5.70. The van der Waals surface area contributed by atoms with E-state index in [-0.39, 0.29) is 23.9 Å². The van der Waals surface area contributed by atoms with Crippen molar-refractivity contribution in [3.8, 4) is 0 Å². The Morgan fingerprint density at radius 2 is 1.71 bits per heavy atom. The summed E-state index contributed by atoms with van der Waals surface area (Å²) in [6, 6.07) is 22.3. The average molecular weight is 456 g/mol. The Morgan fingerprint density at radius 3 is 2.44 bits per heavy atom. The molecule has 0 aliphatic carbocycles. The van der Waals surface area contributed by atoms with Gasteiger partial charge in [0.1, 0.15) is 5.69 Å². The molecule has 3 aromatic rings. The zero-order valence-electron chi connectivity index (χ0n) is 19.9. The van der Waals surface area contributed by atoms with Crippen LogP contribution in [-0.2, 0) is 13.0 Å². The van der Waals surface area contributed by atoms with Gasteiger partial charge in [0.2, 0.25) is 0 Å². The molecule has 1 fully saturated rings. The highest BCUT2D eigenvalue weighted by molar-refractivity contribution is 6.01. The first-order chi connectivity index (χ1) is 16.7. The molecule has 5 rings (SSSR count). The van der Waals surface area contributed by atoms with Crippen molar-refractivity contribution in [1.29, 1.82) is 0 Å². The number of rotatable bonds is 6. The Balaban J connectivity index is 1.44. The summed E-state index contributed by atoms with van der Waals surface area (Å²) in [6.45, 7) is 3.63. The van der Waals surface area contributed by atoms with Gasteiger partial charge in [0.25, 0.3) is 11.8 Å². The normalized spacial score (nSPS) is 18.4. The highest BCUT2D eigenvalue weighted by Crippen LogP contribution is 2.34. The van der Waals surface area contributed by atoms with Crippen molar-refractivity contribution in [3.63, 3.8) is 0 Å². The van der Waals surface area contributed by atoms with Crippen LogP contribution >= 0.6 is 0 Å². The van der Waals surface area contributed by atoms with Crippen LogP contribution in [0.15, 0.2) is 66.7 Å². The Hall–Kier alpha value is -3.34. The van der Waals surface area contributed by atoms with Crippen molar-refractivity contribution in [1.82, 2.24) is 14.8 Å². The van der Waals surface area contributed by atoms with Crippen LogP contribution in [-0.4, -0.2) is 27.8 Å². The number of carbonyl (C=O) groups excluding carboxylic acids is 2. The molecule has 1 aromatic heterocycles. The average Bonchev–Trinajstić information content (AvgIpc) is 3.53. The minimum absolute atomic E-state index is 0.0450. The van der Waals surface area contributed by atoms with Gasteiger partial charge in [0, 0.05) is 18.8 Å². The molecule has 2 aliphatic rings. The third-order valence-corrected chi connectivity index (χ3v) is 7.33. The molecule has 2 aliphatic heterocycles. The zero-order chi connectivity index (χ0) is 23.5. The number of likely N-dealkylation sites (tertiary alicyclic amines) is 1. The summed E-state index contributed by atoms with van der Waals surface area (Å²) in [4.78, 5) is 29.3. The van der Waals surface area contributed by atoms with Gasteiger partial charge in [-0.2, -0.15) is 0 Å². The van der Waals surface area contributed by atoms with E-state index in [2.05, 4.69) is 41.1 Å². The standard InChI is InChI=1S/C29H33N3O2/c1-2-24(21-12-5-3-6-13-21)30-28(33)23-20-27(31-18-10-9-16-26(23)31)29(34)32-19-11-17-25(32)22-14-7-4-8-15-22/h3-8,12-15,20,24-25H,2,9-11,16-19H2,1H3,(H,30,33)/t24-,25-/m1/s1. The number of fused-ring (bicyclic) bond motifs is 1. The minimum atomic E-state index is -0.0820. The van der Waals surface area contributed by atoms with Crippen LogP contribution in [0.2, 0.25) is 0 Å². The zero-order valence-corrected chi connectivity index (χ0v) is 19.9. The van der Waals surface area contributed by atoms with Gasteiger partial charge in [-0.25, -0.2) is 0 Å². The van der Waals surface area contributed by atoms with Crippen molar-refractivity contribution in [2.24, 2.45) is 0 Å². The van der Waals surface area contributed by atoms with Crippen LogP contribution < -0.4 is 5.32 Å². The number of nitrogens with zero attached hydrogens (tertiary/aromatic N) is 2. The lowest BCUT2D eigenvalue weighted by Gasteiger charge is -2.26. The lowest BCUT2D eigenvalue weighted by molar-refractivity contribution is 0.0723. The van der Waals surface area contributed by atoms with Crippen LogP contribution in [0.5, 0.6) is 0 Å². The third kappa shape index (κ3) is 4.27. The molecule has 5 nitrogen and oxygen atoms in total. The van der Waals surface area contributed by atoms with Crippen LogP contribution in [0.1, 0.15) is 88.8 Å². The molecule has 176 valence electrons. The van der Waals surface area contributed by atoms with Gasteiger partial charge in [-0.15, -0.1) is 0 Å². The second-order valence-electron chi connectivity index (χ2n) is 9.41. The Kier molecular flexibility index (Phi) is 6.52. The van der Waals surface area contributed by atoms with E-state index in [1.807, 2.05) is 47.4 Å². The topological polar surface area (TPSA) is 54.3 Å². The van der Waals surface area contributed by atoms with Gasteiger partial charge >= 0.3 is 0 Å². The van der Waals surface area contributed by atoms with Crippen molar-refractivity contribution < 1.29 is 9.59 Å². The molecule has 2 amide bonds. The third-order valence-electron chi connectivity index (χ3n) is 7.33. The van der Waals surface area contributed by atoms with E-state index >= 15 is 0 Å². The fourth-order valence-electron chi connectivity index (χ4n) is 5.57. The van der Waals surface area contributed by atoms with E-state index in [0.29, 0.717) is 11.3 Å². The maximum atomic E-state index is 13.8. The molecule has 2 atom stereocenters. The van der Waals surface area contributed by atoms with Crippen LogP contribution in [0.25, 0.3) is 0 Å². The number of nitrogens with one attached hydrogen (secondary N) is 1. The Morgan fingerprint density at radius 1 is 0.971 bits per heavy atom. The van der Waals surface area contributed by atoms with Crippen LogP contribution in [0, 0.1) is 0 Å². The molecule has 0 unspecified atom stereocenters. The van der Waals surface area contributed by atoms with Crippen molar-refractivity contribution in [2.75, 3.05) is 6.54 Å². The number of amides is 2. The first-order valence-electron chi connectivity index (χ1n) is 12.6. The predicted molar refractivity (Wildman–Crippen MR) is 134 cm³/mol.